The molecule has 0 radical (unpaired) electrons. The smallest absolute Gasteiger partial charge is 0.264 e. The van der Waals surface area contributed by atoms with Crippen LogP contribution in [0.2, 0.25) is 0 Å². The first kappa shape index (κ1) is 21.4. The minimum absolute atomic E-state index is 0.0402. The van der Waals surface area contributed by atoms with Gasteiger partial charge >= 0.3 is 0 Å². The van der Waals surface area contributed by atoms with Crippen LogP contribution in [0.15, 0.2) is 59.5 Å². The highest BCUT2D eigenvalue weighted by Gasteiger charge is 2.25. The second-order valence-corrected chi connectivity index (χ2v) is 8.07. The van der Waals surface area contributed by atoms with E-state index in [1.54, 1.807) is 61.5 Å². The summed E-state index contributed by atoms with van der Waals surface area (Å²) >= 11 is 0. The fraction of sp³-hybridized carbons (Fsp3) is 0.300. The first-order chi connectivity index (χ1) is 13.3. The zero-order valence-electron chi connectivity index (χ0n) is 16.0. The molecule has 2 aromatic rings. The third-order valence-electron chi connectivity index (χ3n) is 4.02. The Morgan fingerprint density at radius 3 is 2.18 bits per heavy atom. The Morgan fingerprint density at radius 1 is 0.929 bits per heavy atom. The Morgan fingerprint density at radius 2 is 1.57 bits per heavy atom. The summed E-state index contributed by atoms with van der Waals surface area (Å²) in [6.07, 6.45) is -0.0700. The highest BCUT2D eigenvalue weighted by molar-refractivity contribution is 7.92. The van der Waals surface area contributed by atoms with Gasteiger partial charge in [0.1, 0.15) is 0 Å². The molecule has 0 aliphatic heterocycles. The van der Waals surface area contributed by atoms with E-state index in [4.69, 9.17) is 0 Å². The normalized spacial score (nSPS) is 10.9. The van der Waals surface area contributed by atoms with Crippen LogP contribution in [0, 0.1) is 6.92 Å². The van der Waals surface area contributed by atoms with Gasteiger partial charge in [0.25, 0.3) is 10.0 Å². The summed E-state index contributed by atoms with van der Waals surface area (Å²) in [4.78, 5) is 23.7. The maximum absolute atomic E-state index is 13.1. The van der Waals surface area contributed by atoms with E-state index >= 15 is 0 Å². The summed E-state index contributed by atoms with van der Waals surface area (Å²) in [6, 6.07) is 15.2. The molecular formula is C20H25N3O4S. The van der Waals surface area contributed by atoms with Gasteiger partial charge in [-0.3, -0.25) is 13.9 Å². The van der Waals surface area contributed by atoms with Crippen molar-refractivity contribution in [3.05, 3.63) is 60.2 Å². The van der Waals surface area contributed by atoms with Gasteiger partial charge in [-0.05, 0) is 38.1 Å². The van der Waals surface area contributed by atoms with Crippen LogP contribution >= 0.6 is 0 Å². The van der Waals surface area contributed by atoms with E-state index in [9.17, 15) is 18.0 Å². The number of nitrogens with zero attached hydrogens (tertiary/aromatic N) is 1. The molecule has 0 aromatic heterocycles. The second-order valence-electron chi connectivity index (χ2n) is 6.21. The number of carbonyl (C=O) groups excluding carboxylic acids is 2. The molecule has 0 heterocycles. The van der Waals surface area contributed by atoms with Gasteiger partial charge in [-0.2, -0.15) is 0 Å². The maximum atomic E-state index is 13.1. The number of aryl methyl sites for hydroxylation is 1. The number of benzene rings is 2. The molecule has 0 bridgehead atoms. The summed E-state index contributed by atoms with van der Waals surface area (Å²) in [5.41, 5.74) is 1.43. The first-order valence-corrected chi connectivity index (χ1v) is 10.5. The van der Waals surface area contributed by atoms with Crippen molar-refractivity contribution in [2.24, 2.45) is 0 Å². The predicted molar refractivity (Wildman–Crippen MR) is 108 cm³/mol. The molecule has 2 aromatic carbocycles. The summed E-state index contributed by atoms with van der Waals surface area (Å²) in [5.74, 6) is -0.686. The second kappa shape index (κ2) is 9.89. The number of anilines is 1. The van der Waals surface area contributed by atoms with Crippen molar-refractivity contribution in [3.63, 3.8) is 0 Å². The van der Waals surface area contributed by atoms with Gasteiger partial charge in [0, 0.05) is 19.5 Å². The van der Waals surface area contributed by atoms with Crippen molar-refractivity contribution in [1.82, 2.24) is 10.6 Å². The fourth-order valence-electron chi connectivity index (χ4n) is 2.55. The fourth-order valence-corrected chi connectivity index (χ4v) is 4.02. The molecule has 0 aliphatic rings. The molecule has 0 saturated carbocycles. The average Bonchev–Trinajstić information content (AvgIpc) is 2.68. The molecule has 28 heavy (non-hydrogen) atoms. The largest absolute Gasteiger partial charge is 0.355 e. The predicted octanol–water partition coefficient (Wildman–Crippen LogP) is 1.83. The summed E-state index contributed by atoms with van der Waals surface area (Å²) in [5, 5.41) is 5.08. The molecule has 0 unspecified atom stereocenters. The Bertz CT molecular complexity index is 897. The molecule has 8 heteroatoms. The van der Waals surface area contributed by atoms with Crippen molar-refractivity contribution < 1.29 is 18.0 Å². The van der Waals surface area contributed by atoms with Crippen LogP contribution in [0.1, 0.15) is 18.9 Å². The number of rotatable bonds is 9. The first-order valence-electron chi connectivity index (χ1n) is 9.02. The number of carbonyl (C=O) groups is 2. The van der Waals surface area contributed by atoms with E-state index in [2.05, 4.69) is 10.6 Å². The third kappa shape index (κ3) is 5.82. The van der Waals surface area contributed by atoms with E-state index in [0.717, 1.165) is 5.56 Å². The van der Waals surface area contributed by atoms with Crippen LogP contribution in [0.25, 0.3) is 0 Å². The van der Waals surface area contributed by atoms with Crippen molar-refractivity contribution >= 4 is 27.5 Å². The molecule has 2 rings (SSSR count). The van der Waals surface area contributed by atoms with Crippen LogP contribution in [0.5, 0.6) is 0 Å². The average molecular weight is 404 g/mol. The third-order valence-corrected chi connectivity index (χ3v) is 5.86. The maximum Gasteiger partial charge on any atom is 0.264 e. The molecule has 0 fully saturated rings. The lowest BCUT2D eigenvalue weighted by molar-refractivity contribution is -0.125. The van der Waals surface area contributed by atoms with Gasteiger partial charge in [-0.15, -0.1) is 0 Å². The number of para-hydroxylation sites is 1. The van der Waals surface area contributed by atoms with Gasteiger partial charge in [-0.25, -0.2) is 8.42 Å². The molecule has 7 nitrogen and oxygen atoms in total. The Balaban J connectivity index is 2.16. The Kier molecular flexibility index (Phi) is 7.57. The molecule has 2 amide bonds. The number of likely N-dealkylation sites (N-methyl/N-ethyl adjacent to an activating group) is 1. The lowest BCUT2D eigenvalue weighted by atomic mass is 10.2. The van der Waals surface area contributed by atoms with Crippen LogP contribution in [-0.4, -0.2) is 39.9 Å². The van der Waals surface area contributed by atoms with Gasteiger partial charge in [-0.1, -0.05) is 35.9 Å². The lowest BCUT2D eigenvalue weighted by Gasteiger charge is -2.24. The standard InChI is InChI=1S/C20H25N3O4S/c1-3-21-20(25)15-22-19(24)13-14-23(17-7-5-4-6-8-17)28(26,27)18-11-9-16(2)10-12-18/h4-12H,3,13-15H2,1-2H3,(H,21,25)(H,22,24). The van der Waals surface area contributed by atoms with Crippen molar-refractivity contribution in [1.29, 1.82) is 0 Å². The number of hydrogen-bond acceptors (Lipinski definition) is 4. The highest BCUT2D eigenvalue weighted by atomic mass is 32.2. The van der Waals surface area contributed by atoms with E-state index in [1.807, 2.05) is 6.92 Å². The minimum atomic E-state index is -3.83. The molecular weight excluding hydrogens is 378 g/mol. The Labute approximate surface area is 165 Å². The highest BCUT2D eigenvalue weighted by Crippen LogP contribution is 2.24. The van der Waals surface area contributed by atoms with E-state index in [-0.39, 0.29) is 30.3 Å². The van der Waals surface area contributed by atoms with Crippen molar-refractivity contribution in [2.75, 3.05) is 23.9 Å². The quantitative estimate of drug-likeness (QED) is 0.668. The van der Waals surface area contributed by atoms with E-state index in [0.29, 0.717) is 12.2 Å². The zero-order valence-corrected chi connectivity index (χ0v) is 16.8. The molecule has 0 aliphatic carbocycles. The topological polar surface area (TPSA) is 95.6 Å². The van der Waals surface area contributed by atoms with Crippen LogP contribution in [0.3, 0.4) is 0 Å². The molecule has 0 spiro atoms. The van der Waals surface area contributed by atoms with Crippen molar-refractivity contribution in [3.8, 4) is 0 Å². The van der Waals surface area contributed by atoms with Crippen LogP contribution in [-0.2, 0) is 19.6 Å². The van der Waals surface area contributed by atoms with Gasteiger partial charge < -0.3 is 10.6 Å². The zero-order chi connectivity index (χ0) is 20.6. The number of amides is 2. The van der Waals surface area contributed by atoms with Crippen LogP contribution in [0.4, 0.5) is 5.69 Å². The molecule has 0 atom stereocenters. The van der Waals surface area contributed by atoms with E-state index in [1.165, 1.54) is 4.31 Å². The van der Waals surface area contributed by atoms with Gasteiger partial charge in [0.2, 0.25) is 11.8 Å². The number of sulfonamides is 1. The number of nitrogens with one attached hydrogen (secondary N) is 2. The summed E-state index contributed by atoms with van der Waals surface area (Å²) in [6.45, 7) is 3.97. The summed E-state index contributed by atoms with van der Waals surface area (Å²) < 4.78 is 27.5. The molecule has 0 saturated heterocycles. The molecule has 150 valence electrons. The number of hydrogen-bond donors (Lipinski definition) is 2. The van der Waals surface area contributed by atoms with Crippen LogP contribution < -0.4 is 14.9 Å². The van der Waals surface area contributed by atoms with Gasteiger partial charge in [0.05, 0.1) is 17.1 Å². The summed E-state index contributed by atoms with van der Waals surface area (Å²) in [7, 11) is -3.83. The van der Waals surface area contributed by atoms with Gasteiger partial charge in [0.15, 0.2) is 0 Å². The minimum Gasteiger partial charge on any atom is -0.355 e. The Hall–Kier alpha value is -2.87. The monoisotopic (exact) mass is 403 g/mol. The molecule has 2 N–H and O–H groups in total. The van der Waals surface area contributed by atoms with E-state index < -0.39 is 15.9 Å². The lowest BCUT2D eigenvalue weighted by Crippen LogP contribution is -2.39. The SMILES string of the molecule is CCNC(=O)CNC(=O)CCN(c1ccccc1)S(=O)(=O)c1ccc(C)cc1. The van der Waals surface area contributed by atoms with Crippen molar-refractivity contribution in [2.45, 2.75) is 25.2 Å².